The molecule has 1 unspecified atom stereocenters. The molecule has 0 bridgehead atoms. The average Bonchev–Trinajstić information content (AvgIpc) is 2.53. The minimum Gasteiger partial charge on any atom is -0.494 e. The van der Waals surface area contributed by atoms with Crippen LogP contribution in [0.1, 0.15) is 36.0 Å². The summed E-state index contributed by atoms with van der Waals surface area (Å²) >= 11 is 0. The summed E-state index contributed by atoms with van der Waals surface area (Å²) in [5.41, 5.74) is 0.386. The Balaban J connectivity index is 2.03. The first-order chi connectivity index (χ1) is 10.5. The fourth-order valence-corrected chi connectivity index (χ4v) is 2.79. The van der Waals surface area contributed by atoms with Gasteiger partial charge in [-0.05, 0) is 43.4 Å². The fourth-order valence-electron chi connectivity index (χ4n) is 2.79. The summed E-state index contributed by atoms with van der Waals surface area (Å²) in [6, 6.07) is 4.07. The summed E-state index contributed by atoms with van der Waals surface area (Å²) < 4.78 is 18.3. The zero-order chi connectivity index (χ0) is 16.1. The van der Waals surface area contributed by atoms with Gasteiger partial charge >= 0.3 is 5.97 Å². The van der Waals surface area contributed by atoms with Gasteiger partial charge in [-0.1, -0.05) is 0 Å². The molecule has 5 nitrogen and oxygen atoms in total. The van der Waals surface area contributed by atoms with Crippen molar-refractivity contribution in [3.63, 3.8) is 0 Å². The maximum absolute atomic E-state index is 13.4. The molecule has 0 saturated carbocycles. The summed E-state index contributed by atoms with van der Waals surface area (Å²) in [7, 11) is 1.36. The zero-order valence-electron chi connectivity index (χ0n) is 12.5. The van der Waals surface area contributed by atoms with Gasteiger partial charge in [0, 0.05) is 25.1 Å². The van der Waals surface area contributed by atoms with E-state index in [1.807, 2.05) is 0 Å². The Bertz CT molecular complexity index is 561. The van der Waals surface area contributed by atoms with Gasteiger partial charge in [-0.3, -0.25) is 9.59 Å². The number of carboxylic acid groups (broad SMARTS) is 1. The molecule has 2 rings (SSSR count). The van der Waals surface area contributed by atoms with Crippen LogP contribution >= 0.6 is 0 Å². The summed E-state index contributed by atoms with van der Waals surface area (Å²) in [5, 5.41) is 8.75. The monoisotopic (exact) mass is 309 g/mol. The van der Waals surface area contributed by atoms with Crippen LogP contribution in [-0.2, 0) is 4.79 Å². The topological polar surface area (TPSA) is 66.8 Å². The molecule has 1 aliphatic heterocycles. The van der Waals surface area contributed by atoms with Crippen LogP contribution in [0.15, 0.2) is 18.2 Å². The first kappa shape index (κ1) is 16.3. The molecular weight excluding hydrogens is 289 g/mol. The SMILES string of the molecule is COc1cc(C(=O)N2CCCC(CCC(=O)O)C2)ccc1F. The minimum atomic E-state index is -0.813. The van der Waals surface area contributed by atoms with Crippen LogP contribution in [0.5, 0.6) is 5.75 Å². The molecule has 1 saturated heterocycles. The van der Waals surface area contributed by atoms with Gasteiger partial charge in [0.15, 0.2) is 11.6 Å². The van der Waals surface area contributed by atoms with Gasteiger partial charge in [0.1, 0.15) is 0 Å². The number of carboxylic acids is 1. The molecule has 6 heteroatoms. The van der Waals surface area contributed by atoms with E-state index >= 15 is 0 Å². The number of benzene rings is 1. The highest BCUT2D eigenvalue weighted by molar-refractivity contribution is 5.94. The molecule has 1 aliphatic rings. The first-order valence-corrected chi connectivity index (χ1v) is 7.36. The molecule has 1 aromatic rings. The van der Waals surface area contributed by atoms with Crippen molar-refractivity contribution in [2.45, 2.75) is 25.7 Å². The molecule has 0 radical (unpaired) electrons. The third kappa shape index (κ3) is 3.96. The maximum atomic E-state index is 13.4. The van der Waals surface area contributed by atoms with Crippen LogP contribution in [0.4, 0.5) is 4.39 Å². The Morgan fingerprint density at radius 2 is 2.23 bits per heavy atom. The Kier molecular flexibility index (Phi) is 5.35. The molecule has 1 heterocycles. The van der Waals surface area contributed by atoms with Gasteiger partial charge in [0.05, 0.1) is 7.11 Å². The Hall–Kier alpha value is -2.11. The number of aliphatic carboxylic acids is 1. The van der Waals surface area contributed by atoms with E-state index in [4.69, 9.17) is 9.84 Å². The van der Waals surface area contributed by atoms with Gasteiger partial charge in [0.2, 0.25) is 0 Å². The summed E-state index contributed by atoms with van der Waals surface area (Å²) in [6.45, 7) is 1.19. The zero-order valence-corrected chi connectivity index (χ0v) is 12.5. The Morgan fingerprint density at radius 1 is 1.45 bits per heavy atom. The van der Waals surface area contributed by atoms with Crippen LogP contribution in [0.25, 0.3) is 0 Å². The van der Waals surface area contributed by atoms with Gasteiger partial charge in [-0.2, -0.15) is 0 Å². The van der Waals surface area contributed by atoms with E-state index in [0.717, 1.165) is 12.8 Å². The highest BCUT2D eigenvalue weighted by Crippen LogP contribution is 2.24. The standard InChI is InChI=1S/C16H20FNO4/c1-22-14-9-12(5-6-13(14)17)16(21)18-8-2-3-11(10-18)4-7-15(19)20/h5-6,9,11H,2-4,7-8,10H2,1H3,(H,19,20). The number of hydrogen-bond donors (Lipinski definition) is 1. The van der Waals surface area contributed by atoms with Crippen molar-refractivity contribution in [2.75, 3.05) is 20.2 Å². The number of methoxy groups -OCH3 is 1. The largest absolute Gasteiger partial charge is 0.494 e. The molecule has 1 fully saturated rings. The Labute approximate surface area is 128 Å². The van der Waals surface area contributed by atoms with Crippen LogP contribution in [0, 0.1) is 11.7 Å². The number of piperidine rings is 1. The normalized spacial score (nSPS) is 18.1. The summed E-state index contributed by atoms with van der Waals surface area (Å²) in [4.78, 5) is 24.9. The lowest BCUT2D eigenvalue weighted by Crippen LogP contribution is -2.40. The third-order valence-electron chi connectivity index (χ3n) is 3.97. The molecule has 0 spiro atoms. The average molecular weight is 309 g/mol. The van der Waals surface area contributed by atoms with Crippen LogP contribution in [0.2, 0.25) is 0 Å². The Morgan fingerprint density at radius 3 is 2.91 bits per heavy atom. The highest BCUT2D eigenvalue weighted by atomic mass is 19.1. The number of carbonyl (C=O) groups excluding carboxylic acids is 1. The van der Waals surface area contributed by atoms with Crippen LogP contribution in [-0.4, -0.2) is 42.1 Å². The second kappa shape index (κ2) is 7.24. The number of carbonyl (C=O) groups is 2. The molecule has 1 atom stereocenters. The van der Waals surface area contributed by atoms with Crippen molar-refractivity contribution in [2.24, 2.45) is 5.92 Å². The molecule has 0 aliphatic carbocycles. The van der Waals surface area contributed by atoms with Crippen molar-refractivity contribution >= 4 is 11.9 Å². The number of likely N-dealkylation sites (tertiary alicyclic amines) is 1. The van der Waals surface area contributed by atoms with Gasteiger partial charge in [-0.15, -0.1) is 0 Å². The quantitative estimate of drug-likeness (QED) is 0.907. The second-order valence-electron chi connectivity index (χ2n) is 5.54. The van der Waals surface area contributed by atoms with Crippen molar-refractivity contribution in [1.29, 1.82) is 0 Å². The number of rotatable bonds is 5. The lowest BCUT2D eigenvalue weighted by atomic mass is 9.93. The number of hydrogen-bond acceptors (Lipinski definition) is 3. The molecule has 1 aromatic carbocycles. The lowest BCUT2D eigenvalue weighted by molar-refractivity contribution is -0.137. The third-order valence-corrected chi connectivity index (χ3v) is 3.97. The molecule has 22 heavy (non-hydrogen) atoms. The van der Waals surface area contributed by atoms with Crippen molar-refractivity contribution in [3.05, 3.63) is 29.6 Å². The highest BCUT2D eigenvalue weighted by Gasteiger charge is 2.25. The number of halogens is 1. The minimum absolute atomic E-state index is 0.0466. The first-order valence-electron chi connectivity index (χ1n) is 7.36. The molecule has 1 N–H and O–H groups in total. The van der Waals surface area contributed by atoms with E-state index in [1.54, 1.807) is 4.90 Å². The second-order valence-corrected chi connectivity index (χ2v) is 5.54. The van der Waals surface area contributed by atoms with Crippen molar-refractivity contribution in [3.8, 4) is 5.75 Å². The van der Waals surface area contributed by atoms with E-state index in [2.05, 4.69) is 0 Å². The lowest BCUT2D eigenvalue weighted by Gasteiger charge is -2.32. The molecule has 1 amide bonds. The van der Waals surface area contributed by atoms with Crippen LogP contribution in [0.3, 0.4) is 0 Å². The van der Waals surface area contributed by atoms with E-state index in [-0.39, 0.29) is 24.0 Å². The number of ether oxygens (including phenoxy) is 1. The van der Waals surface area contributed by atoms with Gasteiger partial charge in [0.25, 0.3) is 5.91 Å². The molecule has 0 aromatic heterocycles. The van der Waals surface area contributed by atoms with Crippen molar-refractivity contribution < 1.29 is 23.8 Å². The van der Waals surface area contributed by atoms with Gasteiger partial charge < -0.3 is 14.7 Å². The van der Waals surface area contributed by atoms with E-state index in [9.17, 15) is 14.0 Å². The number of amides is 1. The predicted molar refractivity (Wildman–Crippen MR) is 78.4 cm³/mol. The summed E-state index contributed by atoms with van der Waals surface area (Å²) in [5.74, 6) is -1.23. The van der Waals surface area contributed by atoms with Gasteiger partial charge in [-0.25, -0.2) is 4.39 Å². The predicted octanol–water partition coefficient (Wildman–Crippen LogP) is 2.55. The molecular formula is C16H20FNO4. The smallest absolute Gasteiger partial charge is 0.303 e. The fraction of sp³-hybridized carbons (Fsp3) is 0.500. The van der Waals surface area contributed by atoms with E-state index in [1.165, 1.54) is 25.3 Å². The maximum Gasteiger partial charge on any atom is 0.303 e. The van der Waals surface area contributed by atoms with Crippen molar-refractivity contribution in [1.82, 2.24) is 4.90 Å². The summed E-state index contributed by atoms with van der Waals surface area (Å²) in [6.07, 6.45) is 2.49. The number of nitrogens with zero attached hydrogens (tertiary/aromatic N) is 1. The molecule has 120 valence electrons. The van der Waals surface area contributed by atoms with Crippen LogP contribution < -0.4 is 4.74 Å². The van der Waals surface area contributed by atoms with E-state index in [0.29, 0.717) is 25.1 Å². The van der Waals surface area contributed by atoms with E-state index < -0.39 is 11.8 Å².